The number of amides is 3. The van der Waals surface area contributed by atoms with E-state index in [9.17, 15) is 27.9 Å². The number of sulfone groups is 1. The van der Waals surface area contributed by atoms with Gasteiger partial charge in [-0.15, -0.1) is 0 Å². The van der Waals surface area contributed by atoms with Gasteiger partial charge >= 0.3 is 6.09 Å². The molecule has 46 heavy (non-hydrogen) atoms. The van der Waals surface area contributed by atoms with Gasteiger partial charge in [-0.2, -0.15) is 0 Å². The number of hydrogen-bond acceptors (Lipinski definition) is 8. The Labute approximate surface area is 275 Å². The Bertz CT molecular complexity index is 1300. The van der Waals surface area contributed by atoms with E-state index in [0.717, 1.165) is 37.5 Å². The number of carbonyl (C=O) groups excluding carboxylic acids is 3. The Hall–Kier alpha value is -2.70. The molecule has 2 aliphatic rings. The van der Waals surface area contributed by atoms with Crippen LogP contribution in [0.1, 0.15) is 86.1 Å². The zero-order chi connectivity index (χ0) is 34.4. The van der Waals surface area contributed by atoms with Crippen LogP contribution in [-0.4, -0.2) is 96.3 Å². The van der Waals surface area contributed by atoms with Gasteiger partial charge in [0.1, 0.15) is 6.04 Å². The maximum absolute atomic E-state index is 13.9. The molecule has 12 heteroatoms. The van der Waals surface area contributed by atoms with E-state index in [1.54, 1.807) is 13.8 Å². The van der Waals surface area contributed by atoms with Crippen molar-refractivity contribution in [3.8, 4) is 0 Å². The van der Waals surface area contributed by atoms with Gasteiger partial charge < -0.3 is 25.8 Å². The first-order valence-corrected chi connectivity index (χ1v) is 18.4. The molecule has 0 spiro atoms. The number of β-amino-alcohol motifs (C(OH)–C–C–N with tert-alkyl or cyclic N) is 1. The third-order valence-corrected chi connectivity index (χ3v) is 11.5. The molecule has 1 saturated carbocycles. The van der Waals surface area contributed by atoms with E-state index >= 15 is 0 Å². The second-order valence-electron chi connectivity index (χ2n) is 15.0. The smallest absolute Gasteiger partial charge is 0.408 e. The summed E-state index contributed by atoms with van der Waals surface area (Å²) in [6, 6.07) is 6.57. The van der Waals surface area contributed by atoms with E-state index in [2.05, 4.69) is 20.9 Å². The Balaban J connectivity index is 1.92. The third kappa shape index (κ3) is 10.4. The number of likely N-dealkylation sites (tertiary alicyclic amines) is 1. The van der Waals surface area contributed by atoms with Crippen LogP contribution in [-0.2, 0) is 30.6 Å². The number of aliphatic hydroxyl groups is 1. The molecule has 0 aromatic heterocycles. The third-order valence-electron chi connectivity index (χ3n) is 9.33. The normalized spacial score (nSPS) is 23.0. The first-order chi connectivity index (χ1) is 21.3. The maximum atomic E-state index is 13.9. The van der Waals surface area contributed by atoms with Crippen molar-refractivity contribution in [3.05, 3.63) is 35.9 Å². The van der Waals surface area contributed by atoms with Gasteiger partial charge in [-0.25, -0.2) is 13.2 Å². The van der Waals surface area contributed by atoms with Crippen molar-refractivity contribution >= 4 is 27.7 Å². The number of nitrogens with zero attached hydrogens (tertiary/aromatic N) is 1. The standard InChI is InChI=1S/C34H56N4O7S/c1-22(2)45-32(42)36-29(34(6,7)46(8,43)44)31(41)35-26(18-23-14-10-9-11-15-23)28(39)21-38-20-25-17-13-12-16-24(25)19-27(38)30(40)37-33(3,4)5/h9-11,14-15,22,24-29,39H,12-13,16-21H2,1-8H3,(H,35,41)(H,36,42)(H,37,40)/t24?,25?,26-,27-,28+,29+/m0/s1. The second-order valence-corrected chi connectivity index (χ2v) is 17.6. The molecule has 2 fully saturated rings. The van der Waals surface area contributed by atoms with Gasteiger partial charge in [-0.05, 0) is 85.1 Å². The van der Waals surface area contributed by atoms with Crippen molar-refractivity contribution in [3.63, 3.8) is 0 Å². The fourth-order valence-corrected chi connectivity index (χ4v) is 7.14. The predicted octanol–water partition coefficient (Wildman–Crippen LogP) is 3.20. The lowest BCUT2D eigenvalue weighted by molar-refractivity contribution is -0.133. The Morgan fingerprint density at radius 2 is 1.61 bits per heavy atom. The molecule has 1 heterocycles. The van der Waals surface area contributed by atoms with Crippen molar-refractivity contribution in [2.24, 2.45) is 11.8 Å². The van der Waals surface area contributed by atoms with E-state index in [1.807, 2.05) is 51.1 Å². The molecule has 2 unspecified atom stereocenters. The van der Waals surface area contributed by atoms with Crippen LogP contribution in [0, 0.1) is 11.8 Å². The number of aliphatic hydroxyl groups excluding tert-OH is 1. The van der Waals surface area contributed by atoms with E-state index in [0.29, 0.717) is 24.8 Å². The topological polar surface area (TPSA) is 154 Å². The SMILES string of the molecule is CC(C)OC(=O)N[C@H](C(=O)N[C@@H](Cc1ccccc1)[C@H](O)CN1CC2CCCCC2C[C@H]1C(=O)NC(C)(C)C)C(C)(C)S(C)(=O)=O. The van der Waals surface area contributed by atoms with Crippen LogP contribution in [0.2, 0.25) is 0 Å². The highest BCUT2D eigenvalue weighted by atomic mass is 32.2. The number of piperidine rings is 1. The first-order valence-electron chi connectivity index (χ1n) is 16.5. The van der Waals surface area contributed by atoms with Crippen LogP contribution in [0.5, 0.6) is 0 Å². The predicted molar refractivity (Wildman–Crippen MR) is 179 cm³/mol. The molecule has 3 amide bonds. The summed E-state index contributed by atoms with van der Waals surface area (Å²) in [6.07, 6.45) is 3.92. The van der Waals surface area contributed by atoms with Crippen molar-refractivity contribution in [1.82, 2.24) is 20.9 Å². The highest BCUT2D eigenvalue weighted by Gasteiger charge is 2.46. The molecule has 1 saturated heterocycles. The molecule has 1 aliphatic carbocycles. The van der Waals surface area contributed by atoms with Crippen molar-refractivity contribution in [2.75, 3.05) is 19.3 Å². The average molecular weight is 665 g/mol. The lowest BCUT2D eigenvalue weighted by Crippen LogP contribution is -2.64. The molecule has 1 aliphatic heterocycles. The second kappa shape index (κ2) is 15.5. The highest BCUT2D eigenvalue weighted by molar-refractivity contribution is 7.92. The number of alkyl carbamates (subject to hydrolysis) is 1. The van der Waals surface area contributed by atoms with Gasteiger partial charge in [-0.1, -0.05) is 49.6 Å². The minimum absolute atomic E-state index is 0.0739. The summed E-state index contributed by atoms with van der Waals surface area (Å²) < 4.78 is 29.1. The molecule has 0 bridgehead atoms. The summed E-state index contributed by atoms with van der Waals surface area (Å²) in [4.78, 5) is 42.2. The summed E-state index contributed by atoms with van der Waals surface area (Å²) in [5, 5.41) is 20.3. The van der Waals surface area contributed by atoms with Crippen LogP contribution in [0.3, 0.4) is 0 Å². The van der Waals surface area contributed by atoms with E-state index in [4.69, 9.17) is 4.74 Å². The number of ether oxygens (including phenoxy) is 1. The summed E-state index contributed by atoms with van der Waals surface area (Å²) in [5.74, 6) is 0.0468. The van der Waals surface area contributed by atoms with Crippen LogP contribution >= 0.6 is 0 Å². The van der Waals surface area contributed by atoms with Gasteiger partial charge in [0, 0.05) is 24.9 Å². The molecular weight excluding hydrogens is 608 g/mol. The first kappa shape index (κ1) is 37.8. The van der Waals surface area contributed by atoms with Crippen LogP contribution in [0.15, 0.2) is 30.3 Å². The molecule has 1 aromatic rings. The fourth-order valence-electron chi connectivity index (χ4n) is 6.55. The van der Waals surface area contributed by atoms with E-state index < -0.39 is 62.5 Å². The van der Waals surface area contributed by atoms with Gasteiger partial charge in [0.25, 0.3) is 0 Å². The van der Waals surface area contributed by atoms with Crippen LogP contribution < -0.4 is 16.0 Å². The lowest BCUT2D eigenvalue weighted by atomic mass is 9.72. The molecule has 0 radical (unpaired) electrons. The number of hydrogen-bond donors (Lipinski definition) is 4. The monoisotopic (exact) mass is 664 g/mol. The van der Waals surface area contributed by atoms with E-state index in [-0.39, 0.29) is 18.9 Å². The quantitative estimate of drug-likeness (QED) is 0.266. The maximum Gasteiger partial charge on any atom is 0.408 e. The van der Waals surface area contributed by atoms with Crippen LogP contribution in [0.4, 0.5) is 4.79 Å². The van der Waals surface area contributed by atoms with Gasteiger partial charge in [-0.3, -0.25) is 14.5 Å². The molecule has 260 valence electrons. The summed E-state index contributed by atoms with van der Waals surface area (Å²) in [7, 11) is -3.85. The Kier molecular flexibility index (Phi) is 12.7. The summed E-state index contributed by atoms with van der Waals surface area (Å²) in [5.41, 5.74) is 0.436. The molecule has 1 aromatic carbocycles. The lowest BCUT2D eigenvalue weighted by Gasteiger charge is -2.47. The summed E-state index contributed by atoms with van der Waals surface area (Å²) >= 11 is 0. The highest BCUT2D eigenvalue weighted by Crippen LogP contribution is 2.39. The number of benzene rings is 1. The van der Waals surface area contributed by atoms with Crippen molar-refractivity contribution in [1.29, 1.82) is 0 Å². The minimum Gasteiger partial charge on any atom is -0.447 e. The number of rotatable bonds is 12. The zero-order valence-electron chi connectivity index (χ0n) is 28.8. The molecule has 6 atom stereocenters. The van der Waals surface area contributed by atoms with Crippen molar-refractivity contribution in [2.45, 2.75) is 128 Å². The molecular formula is C34H56N4O7S. The average Bonchev–Trinajstić information content (AvgIpc) is 2.93. The van der Waals surface area contributed by atoms with Crippen LogP contribution in [0.25, 0.3) is 0 Å². The zero-order valence-corrected chi connectivity index (χ0v) is 29.7. The fraction of sp³-hybridized carbons (Fsp3) is 0.735. The Morgan fingerprint density at radius 3 is 2.17 bits per heavy atom. The summed E-state index contributed by atoms with van der Waals surface area (Å²) in [6.45, 7) is 12.7. The molecule has 11 nitrogen and oxygen atoms in total. The molecule has 4 N–H and O–H groups in total. The number of fused-ring (bicyclic) bond motifs is 1. The van der Waals surface area contributed by atoms with Gasteiger partial charge in [0.15, 0.2) is 9.84 Å². The van der Waals surface area contributed by atoms with Gasteiger partial charge in [0.2, 0.25) is 11.8 Å². The van der Waals surface area contributed by atoms with Gasteiger partial charge in [0.05, 0.1) is 29.0 Å². The Morgan fingerprint density at radius 1 is 1.00 bits per heavy atom. The number of carbonyl (C=O) groups is 3. The number of nitrogens with one attached hydrogen (secondary N) is 3. The molecule has 3 rings (SSSR count). The largest absolute Gasteiger partial charge is 0.447 e. The van der Waals surface area contributed by atoms with Crippen molar-refractivity contribution < 1.29 is 32.6 Å². The minimum atomic E-state index is -3.85. The van der Waals surface area contributed by atoms with E-state index in [1.165, 1.54) is 13.8 Å².